The molecule has 2 heterocycles. The first-order valence-corrected chi connectivity index (χ1v) is 7.49. The standard InChI is InChI=1S/C17H17N3O2/c21-14-8-17(9-14)11-20(12-17)16-18-7-6-13(19-16)10-22-15-4-2-1-3-5-15/h1-7H,8-12H2. The molecule has 5 heteroatoms. The van der Waals surface area contributed by atoms with E-state index in [1.807, 2.05) is 36.4 Å². The lowest BCUT2D eigenvalue weighted by molar-refractivity contribution is -0.134. The molecule has 1 aliphatic heterocycles. The van der Waals surface area contributed by atoms with Gasteiger partial charge in [-0.1, -0.05) is 18.2 Å². The van der Waals surface area contributed by atoms with Crippen LogP contribution in [0.5, 0.6) is 5.75 Å². The van der Waals surface area contributed by atoms with Crippen LogP contribution in [-0.4, -0.2) is 28.8 Å². The number of benzene rings is 1. The van der Waals surface area contributed by atoms with Crippen LogP contribution in [0.2, 0.25) is 0 Å². The summed E-state index contributed by atoms with van der Waals surface area (Å²) < 4.78 is 5.71. The van der Waals surface area contributed by atoms with Gasteiger partial charge in [-0.25, -0.2) is 9.97 Å². The molecule has 0 unspecified atom stereocenters. The number of anilines is 1. The van der Waals surface area contributed by atoms with Crippen LogP contribution in [0.25, 0.3) is 0 Å². The van der Waals surface area contributed by atoms with Crippen molar-refractivity contribution in [2.45, 2.75) is 19.4 Å². The van der Waals surface area contributed by atoms with E-state index in [0.29, 0.717) is 12.4 Å². The number of hydrogen-bond acceptors (Lipinski definition) is 5. The normalized spacial score (nSPS) is 18.7. The largest absolute Gasteiger partial charge is 0.487 e. The van der Waals surface area contributed by atoms with Crippen LogP contribution in [0.3, 0.4) is 0 Å². The Bertz CT molecular complexity index is 686. The molecule has 0 atom stereocenters. The molecule has 0 bridgehead atoms. The first kappa shape index (κ1) is 13.2. The summed E-state index contributed by atoms with van der Waals surface area (Å²) >= 11 is 0. The summed E-state index contributed by atoms with van der Waals surface area (Å²) in [5.74, 6) is 1.95. The zero-order chi connectivity index (χ0) is 15.0. The molecule has 1 aromatic carbocycles. The Hall–Kier alpha value is -2.43. The molecule has 22 heavy (non-hydrogen) atoms. The highest BCUT2D eigenvalue weighted by Crippen LogP contribution is 2.46. The van der Waals surface area contributed by atoms with Gasteiger partial charge in [0.25, 0.3) is 0 Å². The maximum atomic E-state index is 11.2. The monoisotopic (exact) mass is 295 g/mol. The summed E-state index contributed by atoms with van der Waals surface area (Å²) in [5, 5.41) is 0. The van der Waals surface area contributed by atoms with E-state index in [1.54, 1.807) is 6.20 Å². The SMILES string of the molecule is O=C1CC2(C1)CN(c1nccc(COc3ccccc3)n1)C2. The smallest absolute Gasteiger partial charge is 0.225 e. The molecule has 1 saturated heterocycles. The third-order valence-corrected chi connectivity index (χ3v) is 4.31. The van der Waals surface area contributed by atoms with Gasteiger partial charge in [0.1, 0.15) is 18.1 Å². The van der Waals surface area contributed by atoms with Gasteiger partial charge < -0.3 is 9.64 Å². The quantitative estimate of drug-likeness (QED) is 0.865. The number of carbonyl (C=O) groups excluding carboxylic acids is 1. The van der Waals surface area contributed by atoms with Gasteiger partial charge >= 0.3 is 0 Å². The molecule has 2 aromatic rings. The van der Waals surface area contributed by atoms with E-state index in [9.17, 15) is 4.79 Å². The number of nitrogens with zero attached hydrogens (tertiary/aromatic N) is 3. The summed E-state index contributed by atoms with van der Waals surface area (Å²) in [6.07, 6.45) is 3.21. The van der Waals surface area contributed by atoms with Gasteiger partial charge in [-0.05, 0) is 18.2 Å². The Kier molecular flexibility index (Phi) is 3.06. The van der Waals surface area contributed by atoms with Crippen molar-refractivity contribution in [2.24, 2.45) is 5.41 Å². The van der Waals surface area contributed by atoms with Crippen molar-refractivity contribution >= 4 is 11.7 Å². The number of hydrogen-bond donors (Lipinski definition) is 0. The van der Waals surface area contributed by atoms with Crippen LogP contribution in [0.1, 0.15) is 18.5 Å². The van der Waals surface area contributed by atoms with Gasteiger partial charge in [-0.2, -0.15) is 0 Å². The Morgan fingerprint density at radius 1 is 1.14 bits per heavy atom. The number of Topliss-reactive ketones (excluding diaryl/α,β-unsaturated/α-hetero) is 1. The molecule has 5 nitrogen and oxygen atoms in total. The molecule has 0 amide bonds. The van der Waals surface area contributed by atoms with Crippen LogP contribution >= 0.6 is 0 Å². The molecule has 112 valence electrons. The summed E-state index contributed by atoms with van der Waals surface area (Å²) in [6, 6.07) is 11.6. The third kappa shape index (κ3) is 2.43. The summed E-state index contributed by atoms with van der Waals surface area (Å²) in [4.78, 5) is 22.2. The average molecular weight is 295 g/mol. The fourth-order valence-electron chi connectivity index (χ4n) is 3.20. The maximum absolute atomic E-state index is 11.2. The van der Waals surface area contributed by atoms with E-state index in [2.05, 4.69) is 14.9 Å². The number of aromatic nitrogens is 2. The predicted octanol–water partition coefficient (Wildman–Crippen LogP) is 2.22. The predicted molar refractivity (Wildman–Crippen MR) is 81.7 cm³/mol. The Morgan fingerprint density at radius 2 is 1.91 bits per heavy atom. The van der Waals surface area contributed by atoms with Crippen LogP contribution in [-0.2, 0) is 11.4 Å². The van der Waals surface area contributed by atoms with Crippen molar-refractivity contribution in [1.29, 1.82) is 0 Å². The second kappa shape index (κ2) is 5.09. The highest BCUT2D eigenvalue weighted by molar-refractivity contribution is 5.87. The zero-order valence-electron chi connectivity index (χ0n) is 12.2. The zero-order valence-corrected chi connectivity index (χ0v) is 12.2. The lowest BCUT2D eigenvalue weighted by Gasteiger charge is -2.54. The van der Waals surface area contributed by atoms with Crippen molar-refractivity contribution in [3.63, 3.8) is 0 Å². The van der Waals surface area contributed by atoms with Crippen molar-refractivity contribution in [1.82, 2.24) is 9.97 Å². The van der Waals surface area contributed by atoms with E-state index in [-0.39, 0.29) is 5.41 Å². The number of rotatable bonds is 4. The Labute approximate surface area is 129 Å². The minimum Gasteiger partial charge on any atom is -0.487 e. The minimum absolute atomic E-state index is 0.219. The van der Waals surface area contributed by atoms with Gasteiger partial charge in [-0.15, -0.1) is 0 Å². The fourth-order valence-corrected chi connectivity index (χ4v) is 3.20. The van der Waals surface area contributed by atoms with E-state index in [4.69, 9.17) is 4.74 Å². The van der Waals surface area contributed by atoms with E-state index >= 15 is 0 Å². The van der Waals surface area contributed by atoms with E-state index < -0.39 is 0 Å². The van der Waals surface area contributed by atoms with Crippen molar-refractivity contribution in [3.8, 4) is 5.75 Å². The summed E-state index contributed by atoms with van der Waals surface area (Å²) in [7, 11) is 0. The molecule has 2 fully saturated rings. The summed E-state index contributed by atoms with van der Waals surface area (Å²) in [5.41, 5.74) is 1.08. The highest BCUT2D eigenvalue weighted by atomic mass is 16.5. The lowest BCUT2D eigenvalue weighted by atomic mass is 9.63. The Balaban J connectivity index is 1.38. The van der Waals surface area contributed by atoms with E-state index in [0.717, 1.165) is 43.3 Å². The maximum Gasteiger partial charge on any atom is 0.225 e. The molecule has 1 spiro atoms. The lowest BCUT2D eigenvalue weighted by Crippen LogP contribution is -2.63. The van der Waals surface area contributed by atoms with Crippen molar-refractivity contribution < 1.29 is 9.53 Å². The van der Waals surface area contributed by atoms with Crippen LogP contribution in [0, 0.1) is 5.41 Å². The minimum atomic E-state index is 0.219. The first-order chi connectivity index (χ1) is 10.7. The van der Waals surface area contributed by atoms with Crippen LogP contribution in [0.4, 0.5) is 5.95 Å². The van der Waals surface area contributed by atoms with Crippen molar-refractivity contribution in [2.75, 3.05) is 18.0 Å². The number of ketones is 1. The molecule has 0 N–H and O–H groups in total. The van der Waals surface area contributed by atoms with Crippen LogP contribution in [0.15, 0.2) is 42.6 Å². The fraction of sp³-hybridized carbons (Fsp3) is 0.353. The molecule has 1 aliphatic carbocycles. The second-order valence-electron chi connectivity index (χ2n) is 6.20. The molecule has 1 saturated carbocycles. The van der Waals surface area contributed by atoms with Gasteiger partial charge in [-0.3, -0.25) is 4.79 Å². The van der Waals surface area contributed by atoms with Gasteiger partial charge in [0, 0.05) is 37.5 Å². The molecule has 1 aromatic heterocycles. The topological polar surface area (TPSA) is 55.3 Å². The molecule has 2 aliphatic rings. The Morgan fingerprint density at radius 3 is 2.64 bits per heavy atom. The molecule has 0 radical (unpaired) electrons. The van der Waals surface area contributed by atoms with Crippen molar-refractivity contribution in [3.05, 3.63) is 48.3 Å². The summed E-state index contributed by atoms with van der Waals surface area (Å²) in [6.45, 7) is 2.21. The average Bonchev–Trinajstić information content (AvgIpc) is 2.49. The number of carbonyl (C=O) groups is 1. The number of para-hydroxylation sites is 1. The molecule has 4 rings (SSSR count). The number of ether oxygens (including phenoxy) is 1. The van der Waals surface area contributed by atoms with Gasteiger partial charge in [0.15, 0.2) is 0 Å². The van der Waals surface area contributed by atoms with Gasteiger partial charge in [0.05, 0.1) is 5.69 Å². The molecular formula is C17H17N3O2. The molecular weight excluding hydrogens is 278 g/mol. The highest BCUT2D eigenvalue weighted by Gasteiger charge is 2.52. The van der Waals surface area contributed by atoms with E-state index in [1.165, 1.54) is 0 Å². The second-order valence-corrected chi connectivity index (χ2v) is 6.20. The van der Waals surface area contributed by atoms with Gasteiger partial charge in [0.2, 0.25) is 5.95 Å². The van der Waals surface area contributed by atoms with Crippen LogP contribution < -0.4 is 9.64 Å². The first-order valence-electron chi connectivity index (χ1n) is 7.49. The third-order valence-electron chi connectivity index (χ3n) is 4.31.